The molecular weight excluding hydrogens is 316 g/mol. The average molecular weight is 338 g/mol. The highest BCUT2D eigenvalue weighted by Crippen LogP contribution is 2.33. The fourth-order valence-corrected chi connectivity index (χ4v) is 3.84. The minimum atomic E-state index is -0.227. The molecule has 1 aromatic heterocycles. The van der Waals surface area contributed by atoms with E-state index in [-0.39, 0.29) is 18.4 Å². The van der Waals surface area contributed by atoms with Gasteiger partial charge in [0.2, 0.25) is 11.8 Å². The van der Waals surface area contributed by atoms with Crippen molar-refractivity contribution in [3.63, 3.8) is 0 Å². The number of H-pyrrole nitrogens is 1. The standard InChI is InChI=1S/C19H22N4O2/c24-18(20-17-11-15(21-22-17)13-5-1-2-6-13)12-23-16-8-4-3-7-14(16)9-10-19(23)25/h3-4,7-8,11,13H,1-2,5-6,9-10,12H2,(H2,20,21,22,24). The van der Waals surface area contributed by atoms with Crippen LogP contribution in [0.25, 0.3) is 0 Å². The number of anilines is 2. The molecule has 130 valence electrons. The van der Waals surface area contributed by atoms with Crippen molar-refractivity contribution in [2.75, 3.05) is 16.8 Å². The smallest absolute Gasteiger partial charge is 0.245 e. The lowest BCUT2D eigenvalue weighted by Gasteiger charge is -2.28. The van der Waals surface area contributed by atoms with Crippen molar-refractivity contribution in [2.24, 2.45) is 0 Å². The van der Waals surface area contributed by atoms with Crippen molar-refractivity contribution in [1.29, 1.82) is 0 Å². The topological polar surface area (TPSA) is 78.1 Å². The van der Waals surface area contributed by atoms with Crippen molar-refractivity contribution in [3.05, 3.63) is 41.6 Å². The molecule has 2 heterocycles. The van der Waals surface area contributed by atoms with Gasteiger partial charge in [-0.2, -0.15) is 5.10 Å². The number of para-hydroxylation sites is 1. The number of hydrogen-bond acceptors (Lipinski definition) is 3. The molecule has 6 heteroatoms. The molecule has 1 saturated carbocycles. The Morgan fingerprint density at radius 3 is 2.88 bits per heavy atom. The number of aromatic nitrogens is 2. The SMILES string of the molecule is O=C(CN1C(=O)CCc2ccccc21)Nc1cc(C2CCCC2)[nH]n1. The molecule has 0 bridgehead atoms. The van der Waals surface area contributed by atoms with Gasteiger partial charge in [0, 0.05) is 29.8 Å². The normalized spacial score (nSPS) is 17.6. The molecular formula is C19H22N4O2. The molecule has 2 N–H and O–H groups in total. The molecule has 2 aliphatic rings. The number of carbonyl (C=O) groups is 2. The van der Waals surface area contributed by atoms with Gasteiger partial charge >= 0.3 is 0 Å². The predicted octanol–water partition coefficient (Wildman–Crippen LogP) is 2.99. The summed E-state index contributed by atoms with van der Waals surface area (Å²) in [6.07, 6.45) is 6.03. The second-order valence-corrected chi connectivity index (χ2v) is 6.85. The maximum absolute atomic E-state index is 12.4. The highest BCUT2D eigenvalue weighted by Gasteiger charge is 2.26. The summed E-state index contributed by atoms with van der Waals surface area (Å²) in [5, 5.41) is 10.0. The lowest BCUT2D eigenvalue weighted by molar-refractivity contribution is -0.121. The number of carbonyl (C=O) groups excluding carboxylic acids is 2. The summed E-state index contributed by atoms with van der Waals surface area (Å²) < 4.78 is 0. The number of fused-ring (bicyclic) bond motifs is 1. The van der Waals surface area contributed by atoms with E-state index >= 15 is 0 Å². The fraction of sp³-hybridized carbons (Fsp3) is 0.421. The van der Waals surface area contributed by atoms with Crippen LogP contribution in [0.15, 0.2) is 30.3 Å². The van der Waals surface area contributed by atoms with Crippen LogP contribution in [-0.4, -0.2) is 28.6 Å². The number of nitrogens with zero attached hydrogens (tertiary/aromatic N) is 2. The third-order valence-electron chi connectivity index (χ3n) is 5.15. The second-order valence-electron chi connectivity index (χ2n) is 6.85. The van der Waals surface area contributed by atoms with E-state index in [0.29, 0.717) is 18.2 Å². The summed E-state index contributed by atoms with van der Waals surface area (Å²) in [6, 6.07) is 9.67. The van der Waals surface area contributed by atoms with Crippen molar-refractivity contribution >= 4 is 23.3 Å². The Bertz CT molecular complexity index is 792. The van der Waals surface area contributed by atoms with Crippen LogP contribution in [-0.2, 0) is 16.0 Å². The molecule has 1 aliphatic heterocycles. The summed E-state index contributed by atoms with van der Waals surface area (Å²) in [5.41, 5.74) is 3.04. The summed E-state index contributed by atoms with van der Waals surface area (Å²) in [5.74, 6) is 0.815. The summed E-state index contributed by atoms with van der Waals surface area (Å²) in [6.45, 7) is 0.0153. The monoisotopic (exact) mass is 338 g/mol. The van der Waals surface area contributed by atoms with Gasteiger partial charge in [0.05, 0.1) is 0 Å². The number of hydrogen-bond donors (Lipinski definition) is 2. The van der Waals surface area contributed by atoms with Gasteiger partial charge in [0.25, 0.3) is 0 Å². The number of aryl methyl sites for hydroxylation is 1. The average Bonchev–Trinajstić information content (AvgIpc) is 3.29. The lowest BCUT2D eigenvalue weighted by atomic mass is 10.0. The molecule has 1 aromatic carbocycles. The molecule has 0 radical (unpaired) electrons. The van der Waals surface area contributed by atoms with E-state index in [0.717, 1.165) is 23.4 Å². The molecule has 2 amide bonds. The molecule has 4 rings (SSSR count). The lowest BCUT2D eigenvalue weighted by Crippen LogP contribution is -2.40. The van der Waals surface area contributed by atoms with Crippen LogP contribution in [0.2, 0.25) is 0 Å². The van der Waals surface area contributed by atoms with Crippen LogP contribution in [0.5, 0.6) is 0 Å². The van der Waals surface area contributed by atoms with E-state index in [4.69, 9.17) is 0 Å². The molecule has 0 unspecified atom stereocenters. The highest BCUT2D eigenvalue weighted by atomic mass is 16.2. The van der Waals surface area contributed by atoms with Crippen LogP contribution in [0.1, 0.15) is 49.3 Å². The van der Waals surface area contributed by atoms with Crippen molar-refractivity contribution in [2.45, 2.75) is 44.4 Å². The Hall–Kier alpha value is -2.63. The van der Waals surface area contributed by atoms with Gasteiger partial charge < -0.3 is 10.2 Å². The Morgan fingerprint density at radius 2 is 2.04 bits per heavy atom. The zero-order valence-electron chi connectivity index (χ0n) is 14.1. The van der Waals surface area contributed by atoms with Crippen LogP contribution in [0, 0.1) is 0 Å². The second kappa shape index (κ2) is 6.70. The number of benzene rings is 1. The van der Waals surface area contributed by atoms with Crippen molar-refractivity contribution < 1.29 is 9.59 Å². The van der Waals surface area contributed by atoms with E-state index in [1.54, 1.807) is 4.90 Å². The van der Waals surface area contributed by atoms with Crippen LogP contribution in [0.4, 0.5) is 11.5 Å². The molecule has 25 heavy (non-hydrogen) atoms. The number of amides is 2. The van der Waals surface area contributed by atoms with E-state index in [9.17, 15) is 9.59 Å². The number of nitrogens with one attached hydrogen (secondary N) is 2. The first-order chi connectivity index (χ1) is 12.2. The first kappa shape index (κ1) is 15.9. The van der Waals surface area contributed by atoms with E-state index in [2.05, 4.69) is 15.5 Å². The van der Waals surface area contributed by atoms with Crippen LogP contribution >= 0.6 is 0 Å². The van der Waals surface area contributed by atoms with E-state index < -0.39 is 0 Å². The third-order valence-corrected chi connectivity index (χ3v) is 5.15. The largest absolute Gasteiger partial charge is 0.308 e. The maximum atomic E-state index is 12.4. The molecule has 1 fully saturated rings. The zero-order chi connectivity index (χ0) is 17.2. The van der Waals surface area contributed by atoms with Crippen molar-refractivity contribution in [1.82, 2.24) is 10.2 Å². The summed E-state index contributed by atoms with van der Waals surface area (Å²) in [4.78, 5) is 26.2. The quantitative estimate of drug-likeness (QED) is 0.899. The van der Waals surface area contributed by atoms with E-state index in [1.807, 2.05) is 30.3 Å². The Morgan fingerprint density at radius 1 is 1.24 bits per heavy atom. The third kappa shape index (κ3) is 3.29. The zero-order valence-corrected chi connectivity index (χ0v) is 14.1. The molecule has 0 spiro atoms. The minimum absolute atomic E-state index is 0.0116. The minimum Gasteiger partial charge on any atom is -0.308 e. The number of aromatic amines is 1. The summed E-state index contributed by atoms with van der Waals surface area (Å²) in [7, 11) is 0. The Labute approximate surface area is 146 Å². The van der Waals surface area contributed by atoms with Gasteiger partial charge in [-0.3, -0.25) is 14.7 Å². The highest BCUT2D eigenvalue weighted by molar-refractivity contribution is 6.03. The number of rotatable bonds is 4. The van der Waals surface area contributed by atoms with Gasteiger partial charge in [-0.05, 0) is 30.9 Å². The molecule has 0 atom stereocenters. The predicted molar refractivity (Wildman–Crippen MR) is 95.5 cm³/mol. The van der Waals surface area contributed by atoms with E-state index in [1.165, 1.54) is 25.7 Å². The Kier molecular flexibility index (Phi) is 4.26. The maximum Gasteiger partial charge on any atom is 0.245 e. The molecule has 2 aromatic rings. The van der Waals surface area contributed by atoms with Gasteiger partial charge in [-0.1, -0.05) is 31.0 Å². The first-order valence-corrected chi connectivity index (χ1v) is 8.94. The van der Waals surface area contributed by atoms with Gasteiger partial charge in [-0.25, -0.2) is 0 Å². The van der Waals surface area contributed by atoms with Gasteiger partial charge in [-0.15, -0.1) is 0 Å². The van der Waals surface area contributed by atoms with Crippen LogP contribution < -0.4 is 10.2 Å². The summed E-state index contributed by atoms with van der Waals surface area (Å²) >= 11 is 0. The van der Waals surface area contributed by atoms with Gasteiger partial charge in [0.15, 0.2) is 5.82 Å². The Balaban J connectivity index is 1.43. The molecule has 1 aliphatic carbocycles. The first-order valence-electron chi connectivity index (χ1n) is 8.94. The van der Waals surface area contributed by atoms with Crippen LogP contribution in [0.3, 0.4) is 0 Å². The molecule has 0 saturated heterocycles. The fourth-order valence-electron chi connectivity index (χ4n) is 3.84. The van der Waals surface area contributed by atoms with Crippen molar-refractivity contribution in [3.8, 4) is 0 Å². The molecule has 6 nitrogen and oxygen atoms in total. The van der Waals surface area contributed by atoms with Gasteiger partial charge in [0.1, 0.15) is 6.54 Å².